The minimum absolute atomic E-state index is 0.00676. The van der Waals surface area contributed by atoms with Crippen LogP contribution in [0.2, 0.25) is 0 Å². The van der Waals surface area contributed by atoms with Gasteiger partial charge in [-0.1, -0.05) is 48.5 Å². The van der Waals surface area contributed by atoms with E-state index in [-0.39, 0.29) is 17.1 Å². The summed E-state index contributed by atoms with van der Waals surface area (Å²) in [5, 5.41) is 18.7. The molecule has 2 aromatic carbocycles. The van der Waals surface area contributed by atoms with Crippen LogP contribution in [-0.2, 0) is 0 Å². The van der Waals surface area contributed by atoms with Crippen LogP contribution in [0, 0.1) is 11.3 Å². The second-order valence-electron chi connectivity index (χ2n) is 3.92. The van der Waals surface area contributed by atoms with Gasteiger partial charge in [-0.05, 0) is 12.1 Å². The first-order valence-electron chi connectivity index (χ1n) is 5.72. The van der Waals surface area contributed by atoms with Crippen LogP contribution >= 0.6 is 0 Å². The molecule has 92 valence electrons. The summed E-state index contributed by atoms with van der Waals surface area (Å²) in [5.41, 5.74) is 0.891. The van der Waals surface area contributed by atoms with Gasteiger partial charge in [-0.3, -0.25) is 4.79 Å². The lowest BCUT2D eigenvalue weighted by atomic mass is 10.0. The van der Waals surface area contributed by atoms with E-state index in [1.54, 1.807) is 48.5 Å². The number of aromatic hydroxyl groups is 1. The number of para-hydroxylation sites is 1. The Morgan fingerprint density at radius 3 is 2.32 bits per heavy atom. The van der Waals surface area contributed by atoms with Crippen molar-refractivity contribution in [2.24, 2.45) is 0 Å². The molecule has 19 heavy (non-hydrogen) atoms. The monoisotopic (exact) mass is 249 g/mol. The first-order chi connectivity index (χ1) is 9.22. The lowest BCUT2D eigenvalue weighted by Gasteiger charge is -2.01. The summed E-state index contributed by atoms with van der Waals surface area (Å²) in [6.07, 6.45) is 1.39. The maximum absolute atomic E-state index is 12.1. The van der Waals surface area contributed by atoms with E-state index >= 15 is 0 Å². The molecular weight excluding hydrogens is 238 g/mol. The van der Waals surface area contributed by atoms with Crippen molar-refractivity contribution in [3.05, 3.63) is 71.3 Å². The molecule has 0 fully saturated rings. The number of allylic oxidation sites excluding steroid dienone is 1. The lowest BCUT2D eigenvalue weighted by molar-refractivity contribution is 0.104. The molecule has 0 spiro atoms. The summed E-state index contributed by atoms with van der Waals surface area (Å²) < 4.78 is 0. The molecule has 0 bridgehead atoms. The van der Waals surface area contributed by atoms with Crippen molar-refractivity contribution >= 4 is 11.9 Å². The molecule has 2 aromatic rings. The predicted molar refractivity (Wildman–Crippen MR) is 72.5 cm³/mol. The maximum atomic E-state index is 12.1. The zero-order valence-electron chi connectivity index (χ0n) is 10.1. The SMILES string of the molecule is N#C/C(=C\c1ccccc1O)C(=O)c1ccccc1. The number of carbonyl (C=O) groups excluding carboxylic acids is 1. The van der Waals surface area contributed by atoms with E-state index in [1.165, 1.54) is 12.1 Å². The van der Waals surface area contributed by atoms with Crippen molar-refractivity contribution in [1.29, 1.82) is 5.26 Å². The van der Waals surface area contributed by atoms with E-state index in [0.717, 1.165) is 0 Å². The fourth-order valence-corrected chi connectivity index (χ4v) is 1.66. The number of phenolic OH excluding ortho intramolecular Hbond substituents is 1. The first kappa shape index (κ1) is 12.6. The van der Waals surface area contributed by atoms with Gasteiger partial charge in [0.1, 0.15) is 17.4 Å². The highest BCUT2D eigenvalue weighted by atomic mass is 16.3. The summed E-state index contributed by atoms with van der Waals surface area (Å²) >= 11 is 0. The Bertz CT molecular complexity index is 667. The van der Waals surface area contributed by atoms with Crippen LogP contribution in [-0.4, -0.2) is 10.9 Å². The summed E-state index contributed by atoms with van der Waals surface area (Å²) in [5.74, 6) is -0.317. The van der Waals surface area contributed by atoms with E-state index in [0.29, 0.717) is 11.1 Å². The highest BCUT2D eigenvalue weighted by molar-refractivity contribution is 6.14. The number of nitriles is 1. The Kier molecular flexibility index (Phi) is 3.75. The highest BCUT2D eigenvalue weighted by Gasteiger charge is 2.12. The average Bonchev–Trinajstić information content (AvgIpc) is 2.47. The molecule has 3 nitrogen and oxygen atoms in total. The van der Waals surface area contributed by atoms with Gasteiger partial charge in [0.2, 0.25) is 5.78 Å². The van der Waals surface area contributed by atoms with Crippen LogP contribution in [0.5, 0.6) is 5.75 Å². The van der Waals surface area contributed by atoms with Crippen molar-refractivity contribution in [3.63, 3.8) is 0 Å². The number of ketones is 1. The number of benzene rings is 2. The predicted octanol–water partition coefficient (Wildman–Crippen LogP) is 3.18. The first-order valence-corrected chi connectivity index (χ1v) is 5.72. The molecule has 1 N–H and O–H groups in total. The Hall–Kier alpha value is -2.86. The van der Waals surface area contributed by atoms with Gasteiger partial charge in [0, 0.05) is 11.1 Å². The van der Waals surface area contributed by atoms with Gasteiger partial charge in [-0.2, -0.15) is 5.26 Å². The molecule has 0 heterocycles. The second-order valence-corrected chi connectivity index (χ2v) is 3.92. The molecule has 0 atom stereocenters. The standard InChI is InChI=1S/C16H11NO2/c17-11-14(10-13-8-4-5-9-15(13)18)16(19)12-6-2-1-3-7-12/h1-10,18H/b14-10+. The van der Waals surface area contributed by atoms with Gasteiger partial charge in [-0.15, -0.1) is 0 Å². The molecule has 0 saturated carbocycles. The number of phenols is 1. The third-order valence-electron chi connectivity index (χ3n) is 2.64. The van der Waals surface area contributed by atoms with Crippen molar-refractivity contribution in [1.82, 2.24) is 0 Å². The van der Waals surface area contributed by atoms with Gasteiger partial charge >= 0.3 is 0 Å². The molecule has 0 aromatic heterocycles. The highest BCUT2D eigenvalue weighted by Crippen LogP contribution is 2.20. The number of hydrogen-bond donors (Lipinski definition) is 1. The molecule has 2 rings (SSSR count). The molecule has 0 aliphatic rings. The fourth-order valence-electron chi connectivity index (χ4n) is 1.66. The van der Waals surface area contributed by atoms with Crippen LogP contribution < -0.4 is 0 Å². The van der Waals surface area contributed by atoms with E-state index in [2.05, 4.69) is 0 Å². The molecule has 0 unspecified atom stereocenters. The average molecular weight is 249 g/mol. The molecule has 0 aliphatic carbocycles. The summed E-state index contributed by atoms with van der Waals surface area (Å²) in [6, 6.07) is 17.0. The second kappa shape index (κ2) is 5.65. The third kappa shape index (κ3) is 2.88. The Morgan fingerprint density at radius 1 is 1.05 bits per heavy atom. The van der Waals surface area contributed by atoms with Gasteiger partial charge in [0.25, 0.3) is 0 Å². The number of carbonyl (C=O) groups is 1. The van der Waals surface area contributed by atoms with Crippen molar-refractivity contribution in [2.75, 3.05) is 0 Å². The molecule has 0 amide bonds. The van der Waals surface area contributed by atoms with Gasteiger partial charge in [0.05, 0.1) is 0 Å². The zero-order valence-corrected chi connectivity index (χ0v) is 10.1. The van der Waals surface area contributed by atoms with E-state index in [9.17, 15) is 9.90 Å². The number of nitrogens with zero attached hydrogens (tertiary/aromatic N) is 1. The topological polar surface area (TPSA) is 61.1 Å². The summed E-state index contributed by atoms with van der Waals surface area (Å²) in [4.78, 5) is 12.1. The van der Waals surface area contributed by atoms with Gasteiger partial charge < -0.3 is 5.11 Å². The smallest absolute Gasteiger partial charge is 0.203 e. The number of hydrogen-bond acceptors (Lipinski definition) is 3. The minimum Gasteiger partial charge on any atom is -0.507 e. The molecule has 0 saturated heterocycles. The van der Waals surface area contributed by atoms with E-state index in [1.807, 2.05) is 6.07 Å². The fraction of sp³-hybridized carbons (Fsp3) is 0. The number of Topliss-reactive ketones (excluding diaryl/α,β-unsaturated/α-hetero) is 1. The van der Waals surface area contributed by atoms with Crippen LogP contribution in [0.15, 0.2) is 60.2 Å². The third-order valence-corrected chi connectivity index (χ3v) is 2.64. The van der Waals surface area contributed by atoms with E-state index in [4.69, 9.17) is 5.26 Å². The minimum atomic E-state index is -0.355. The van der Waals surface area contributed by atoms with Crippen molar-refractivity contribution in [2.45, 2.75) is 0 Å². The van der Waals surface area contributed by atoms with Crippen LogP contribution in [0.25, 0.3) is 6.08 Å². The zero-order chi connectivity index (χ0) is 13.7. The summed E-state index contributed by atoms with van der Waals surface area (Å²) in [6.45, 7) is 0. The van der Waals surface area contributed by atoms with Gasteiger partial charge in [0.15, 0.2) is 0 Å². The Labute approximate surface area is 111 Å². The Morgan fingerprint density at radius 2 is 1.68 bits per heavy atom. The van der Waals surface area contributed by atoms with Gasteiger partial charge in [-0.25, -0.2) is 0 Å². The van der Waals surface area contributed by atoms with Crippen LogP contribution in [0.3, 0.4) is 0 Å². The maximum Gasteiger partial charge on any atom is 0.203 e. The normalized spacial score (nSPS) is 10.8. The quantitative estimate of drug-likeness (QED) is 0.516. The molecule has 0 radical (unpaired) electrons. The summed E-state index contributed by atoms with van der Waals surface area (Å²) in [7, 11) is 0. The van der Waals surface area contributed by atoms with Crippen LogP contribution in [0.4, 0.5) is 0 Å². The Balaban J connectivity index is 2.39. The lowest BCUT2D eigenvalue weighted by Crippen LogP contribution is -2.01. The largest absolute Gasteiger partial charge is 0.507 e. The van der Waals surface area contributed by atoms with E-state index < -0.39 is 0 Å². The molecule has 3 heteroatoms. The van der Waals surface area contributed by atoms with Crippen molar-refractivity contribution < 1.29 is 9.90 Å². The number of rotatable bonds is 3. The van der Waals surface area contributed by atoms with Crippen LogP contribution in [0.1, 0.15) is 15.9 Å². The molecular formula is C16H11NO2. The van der Waals surface area contributed by atoms with Crippen molar-refractivity contribution in [3.8, 4) is 11.8 Å². The molecule has 0 aliphatic heterocycles.